The molecule has 1 aliphatic rings. The van der Waals surface area contributed by atoms with Gasteiger partial charge in [0.15, 0.2) is 6.54 Å². The number of ether oxygens (including phenoxy) is 2. The van der Waals surface area contributed by atoms with Gasteiger partial charge in [0.1, 0.15) is 17.1 Å². The largest absolute Gasteiger partial charge is 0.465 e. The van der Waals surface area contributed by atoms with Crippen LogP contribution in [0, 0.1) is 0 Å². The Bertz CT molecular complexity index is 869. The molecule has 0 atom stereocenters. The fourth-order valence-corrected chi connectivity index (χ4v) is 2.78. The van der Waals surface area contributed by atoms with Gasteiger partial charge >= 0.3 is 12.1 Å². The van der Waals surface area contributed by atoms with Crippen LogP contribution in [0.15, 0.2) is 12.4 Å². The minimum Gasteiger partial charge on any atom is -0.465 e. The summed E-state index contributed by atoms with van der Waals surface area (Å²) in [5.74, 6) is 0.531. The average molecular weight is 418 g/mol. The molecule has 0 radical (unpaired) electrons. The predicted octanol–water partition coefficient (Wildman–Crippen LogP) is 0.750. The number of nitrogens with zero attached hydrogens (tertiary/aromatic N) is 8. The molecule has 0 aliphatic carbocycles. The van der Waals surface area contributed by atoms with Crippen molar-refractivity contribution >= 4 is 17.9 Å². The summed E-state index contributed by atoms with van der Waals surface area (Å²) < 4.78 is 10.3. The molecule has 0 spiro atoms. The summed E-state index contributed by atoms with van der Waals surface area (Å²) in [5.41, 5.74) is -0.0666. The Morgan fingerprint density at radius 2 is 1.83 bits per heavy atom. The summed E-state index contributed by atoms with van der Waals surface area (Å²) >= 11 is 0. The fourth-order valence-electron chi connectivity index (χ4n) is 2.78. The van der Waals surface area contributed by atoms with Gasteiger partial charge in [-0.25, -0.2) is 19.6 Å². The third-order valence-corrected chi connectivity index (χ3v) is 4.15. The first-order chi connectivity index (χ1) is 14.2. The third kappa shape index (κ3) is 5.61. The first-order valence-electron chi connectivity index (χ1n) is 9.74. The van der Waals surface area contributed by atoms with Crippen molar-refractivity contribution in [2.24, 2.45) is 0 Å². The van der Waals surface area contributed by atoms with Gasteiger partial charge in [-0.3, -0.25) is 0 Å². The van der Waals surface area contributed by atoms with Crippen LogP contribution in [-0.2, 0) is 20.8 Å². The molecule has 2 aromatic rings. The smallest absolute Gasteiger partial charge is 0.410 e. The van der Waals surface area contributed by atoms with Crippen molar-refractivity contribution in [2.75, 3.05) is 37.7 Å². The van der Waals surface area contributed by atoms with Gasteiger partial charge < -0.3 is 19.3 Å². The molecule has 12 nitrogen and oxygen atoms in total. The molecule has 2 aromatic heterocycles. The quantitative estimate of drug-likeness (QED) is 0.641. The van der Waals surface area contributed by atoms with E-state index in [-0.39, 0.29) is 18.5 Å². The van der Waals surface area contributed by atoms with Crippen LogP contribution in [0.3, 0.4) is 0 Å². The van der Waals surface area contributed by atoms with E-state index in [0.717, 1.165) is 4.80 Å². The number of hydrogen-bond acceptors (Lipinski definition) is 10. The van der Waals surface area contributed by atoms with Crippen molar-refractivity contribution in [3.8, 4) is 11.5 Å². The van der Waals surface area contributed by atoms with Crippen LogP contribution in [-0.4, -0.2) is 85.5 Å². The maximum atomic E-state index is 12.2. The molecule has 1 amide bonds. The number of esters is 1. The molecule has 3 rings (SSSR count). The summed E-state index contributed by atoms with van der Waals surface area (Å²) in [5, 5.41) is 11.8. The van der Waals surface area contributed by atoms with Gasteiger partial charge in [0, 0.05) is 26.2 Å². The summed E-state index contributed by atoms with van der Waals surface area (Å²) in [6.07, 6.45) is 2.88. The monoisotopic (exact) mass is 418 g/mol. The highest BCUT2D eigenvalue weighted by molar-refractivity contribution is 5.69. The summed E-state index contributed by atoms with van der Waals surface area (Å²) in [7, 11) is 0. The van der Waals surface area contributed by atoms with Crippen LogP contribution >= 0.6 is 0 Å². The van der Waals surface area contributed by atoms with Crippen molar-refractivity contribution in [3.63, 3.8) is 0 Å². The Morgan fingerprint density at radius 3 is 2.43 bits per heavy atom. The van der Waals surface area contributed by atoms with Crippen LogP contribution in [0.5, 0.6) is 0 Å². The topological polar surface area (TPSA) is 128 Å². The lowest BCUT2D eigenvalue weighted by Gasteiger charge is -2.36. The molecule has 1 fully saturated rings. The highest BCUT2D eigenvalue weighted by Crippen LogP contribution is 2.17. The average Bonchev–Trinajstić information content (AvgIpc) is 3.15. The van der Waals surface area contributed by atoms with Gasteiger partial charge in [-0.1, -0.05) is 0 Å². The zero-order valence-corrected chi connectivity index (χ0v) is 17.6. The predicted molar refractivity (Wildman–Crippen MR) is 105 cm³/mol. The second kappa shape index (κ2) is 9.01. The number of carbonyl (C=O) groups excluding carboxylic acids is 2. The molecule has 162 valence electrons. The molecule has 0 unspecified atom stereocenters. The second-order valence-corrected chi connectivity index (χ2v) is 7.66. The Morgan fingerprint density at radius 1 is 1.10 bits per heavy atom. The number of aromatic nitrogens is 6. The molecule has 3 heterocycles. The first kappa shape index (κ1) is 21.4. The minimum atomic E-state index is -0.512. The van der Waals surface area contributed by atoms with E-state index < -0.39 is 11.6 Å². The maximum Gasteiger partial charge on any atom is 0.410 e. The van der Waals surface area contributed by atoms with E-state index in [1.165, 1.54) is 0 Å². The molecule has 0 bridgehead atoms. The molecule has 1 saturated heterocycles. The van der Waals surface area contributed by atoms with Crippen molar-refractivity contribution in [1.29, 1.82) is 0 Å². The summed E-state index contributed by atoms with van der Waals surface area (Å²) in [4.78, 5) is 37.3. The highest BCUT2D eigenvalue weighted by atomic mass is 16.6. The summed E-state index contributed by atoms with van der Waals surface area (Å²) in [6, 6.07) is 0. The summed E-state index contributed by atoms with van der Waals surface area (Å²) in [6.45, 7) is 9.79. The van der Waals surface area contributed by atoms with Gasteiger partial charge in [0.05, 0.1) is 19.0 Å². The zero-order valence-electron chi connectivity index (χ0n) is 17.6. The van der Waals surface area contributed by atoms with Gasteiger partial charge in [-0.2, -0.15) is 4.80 Å². The number of carbonyl (C=O) groups is 2. The molecule has 0 aromatic carbocycles. The number of rotatable bonds is 5. The highest BCUT2D eigenvalue weighted by Gasteiger charge is 2.26. The van der Waals surface area contributed by atoms with Crippen molar-refractivity contribution < 1.29 is 19.1 Å². The lowest BCUT2D eigenvalue weighted by atomic mass is 10.2. The van der Waals surface area contributed by atoms with Gasteiger partial charge in [-0.15, -0.1) is 10.2 Å². The van der Waals surface area contributed by atoms with Crippen LogP contribution < -0.4 is 4.90 Å². The number of tetrazole rings is 1. The second-order valence-electron chi connectivity index (χ2n) is 7.66. The number of anilines is 1. The standard InChI is InChI=1S/C18H26N8O4/c1-5-29-15(27)12-26-22-16(21-23-26)13-10-20-14(11-19-13)24-6-8-25(9-7-24)17(28)30-18(2,3)4/h10-11H,5-9,12H2,1-4H3. The van der Waals surface area contributed by atoms with Gasteiger partial charge in [0.2, 0.25) is 5.82 Å². The molecule has 0 saturated carbocycles. The van der Waals surface area contributed by atoms with Crippen molar-refractivity contribution in [3.05, 3.63) is 12.4 Å². The van der Waals surface area contributed by atoms with Crippen LogP contribution in [0.4, 0.5) is 10.6 Å². The van der Waals surface area contributed by atoms with Crippen LogP contribution in [0.1, 0.15) is 27.7 Å². The van der Waals surface area contributed by atoms with E-state index >= 15 is 0 Å². The van der Waals surface area contributed by atoms with Gasteiger partial charge in [0.25, 0.3) is 0 Å². The first-order valence-corrected chi connectivity index (χ1v) is 9.74. The van der Waals surface area contributed by atoms with E-state index in [1.54, 1.807) is 24.2 Å². The number of piperazine rings is 1. The van der Waals surface area contributed by atoms with E-state index in [0.29, 0.717) is 44.3 Å². The number of hydrogen-bond donors (Lipinski definition) is 0. The lowest BCUT2D eigenvalue weighted by Crippen LogP contribution is -2.50. The third-order valence-electron chi connectivity index (χ3n) is 4.15. The van der Waals surface area contributed by atoms with Crippen molar-refractivity contribution in [2.45, 2.75) is 39.8 Å². The van der Waals surface area contributed by atoms with E-state index in [1.807, 2.05) is 25.7 Å². The Labute approximate surface area is 174 Å². The van der Waals surface area contributed by atoms with E-state index in [2.05, 4.69) is 25.4 Å². The normalized spacial score (nSPS) is 14.5. The SMILES string of the molecule is CCOC(=O)Cn1nnc(-c2cnc(N3CCN(C(=O)OC(C)(C)C)CC3)cn2)n1. The Hall–Kier alpha value is -3.31. The molecular weight excluding hydrogens is 392 g/mol. The van der Waals surface area contributed by atoms with Crippen LogP contribution in [0.25, 0.3) is 11.5 Å². The molecule has 12 heteroatoms. The number of amides is 1. The van der Waals surface area contributed by atoms with Crippen LogP contribution in [0.2, 0.25) is 0 Å². The Balaban J connectivity index is 1.56. The van der Waals surface area contributed by atoms with E-state index in [4.69, 9.17) is 9.47 Å². The molecule has 1 aliphatic heterocycles. The van der Waals surface area contributed by atoms with Gasteiger partial charge in [-0.05, 0) is 32.9 Å². The molecule has 30 heavy (non-hydrogen) atoms. The Kier molecular flexibility index (Phi) is 6.43. The lowest BCUT2D eigenvalue weighted by molar-refractivity contribution is -0.144. The molecular formula is C18H26N8O4. The van der Waals surface area contributed by atoms with E-state index in [9.17, 15) is 9.59 Å². The zero-order chi connectivity index (χ0) is 21.7. The minimum absolute atomic E-state index is 0.117. The molecule has 0 N–H and O–H groups in total. The fraction of sp³-hybridized carbons (Fsp3) is 0.611. The van der Waals surface area contributed by atoms with Crippen molar-refractivity contribution in [1.82, 2.24) is 35.1 Å². The maximum absolute atomic E-state index is 12.2.